The van der Waals surface area contributed by atoms with Crippen LogP contribution in [0.2, 0.25) is 0 Å². The number of carbonyl (C=O) groups excluding carboxylic acids is 3. The van der Waals surface area contributed by atoms with E-state index in [2.05, 4.69) is 6.58 Å². The summed E-state index contributed by atoms with van der Waals surface area (Å²) in [6, 6.07) is 14.6. The quantitative estimate of drug-likeness (QED) is 0.243. The summed E-state index contributed by atoms with van der Waals surface area (Å²) in [6.07, 6.45) is 0. The van der Waals surface area contributed by atoms with Gasteiger partial charge in [0.05, 0.1) is 0 Å². The summed E-state index contributed by atoms with van der Waals surface area (Å²) in [5.41, 5.74) is 0.966. The lowest BCUT2D eigenvalue weighted by Crippen LogP contribution is -2.14. The van der Waals surface area contributed by atoms with Crippen LogP contribution in [0.15, 0.2) is 66.7 Å². The first kappa shape index (κ1) is 18.1. The average molecular weight is 338 g/mol. The largest absolute Gasteiger partial charge is 0.490 e. The van der Waals surface area contributed by atoms with E-state index in [1.807, 2.05) is 0 Å². The molecule has 0 aliphatic carbocycles. The van der Waals surface area contributed by atoms with Crippen LogP contribution in [0.4, 0.5) is 0 Å². The van der Waals surface area contributed by atoms with Crippen LogP contribution < -0.4 is 4.74 Å². The van der Waals surface area contributed by atoms with Crippen molar-refractivity contribution in [3.05, 3.63) is 77.9 Å². The van der Waals surface area contributed by atoms with Crippen LogP contribution in [-0.4, -0.2) is 30.7 Å². The second kappa shape index (κ2) is 8.59. The maximum atomic E-state index is 12.2. The van der Waals surface area contributed by atoms with E-state index in [4.69, 9.17) is 9.47 Å². The van der Waals surface area contributed by atoms with E-state index in [1.165, 1.54) is 12.1 Å². The fraction of sp³-hybridized carbons (Fsp3) is 0.150. The molecule has 5 heteroatoms. The van der Waals surface area contributed by atoms with Crippen molar-refractivity contribution in [3.63, 3.8) is 0 Å². The highest BCUT2D eigenvalue weighted by Gasteiger charge is 2.17. The topological polar surface area (TPSA) is 69.7 Å². The van der Waals surface area contributed by atoms with E-state index in [-0.39, 0.29) is 18.8 Å². The second-order valence-electron chi connectivity index (χ2n) is 5.31. The fourth-order valence-corrected chi connectivity index (χ4v) is 1.97. The molecule has 0 heterocycles. The number of carbonyl (C=O) groups is 3. The molecule has 0 fully saturated rings. The molecule has 0 amide bonds. The van der Waals surface area contributed by atoms with E-state index < -0.39 is 17.5 Å². The van der Waals surface area contributed by atoms with Gasteiger partial charge in [0, 0.05) is 16.7 Å². The van der Waals surface area contributed by atoms with E-state index in [0.29, 0.717) is 16.9 Å². The first-order valence-corrected chi connectivity index (χ1v) is 7.68. The summed E-state index contributed by atoms with van der Waals surface area (Å²) in [5, 5.41) is 0. The number of hydrogen-bond acceptors (Lipinski definition) is 5. The Morgan fingerprint density at radius 3 is 1.96 bits per heavy atom. The van der Waals surface area contributed by atoms with Crippen LogP contribution in [0.1, 0.15) is 27.6 Å². The van der Waals surface area contributed by atoms with Gasteiger partial charge < -0.3 is 9.47 Å². The Hall–Kier alpha value is -3.21. The summed E-state index contributed by atoms with van der Waals surface area (Å²) >= 11 is 0. The summed E-state index contributed by atoms with van der Waals surface area (Å²) < 4.78 is 10.3. The number of benzene rings is 2. The molecule has 2 aromatic carbocycles. The lowest BCUT2D eigenvalue weighted by molar-refractivity contribution is -0.139. The Morgan fingerprint density at radius 1 is 0.840 bits per heavy atom. The van der Waals surface area contributed by atoms with Crippen molar-refractivity contribution >= 4 is 17.5 Å². The van der Waals surface area contributed by atoms with Gasteiger partial charge in [0.25, 0.3) is 0 Å². The van der Waals surface area contributed by atoms with Gasteiger partial charge in [0.2, 0.25) is 11.6 Å². The van der Waals surface area contributed by atoms with Gasteiger partial charge in [-0.1, -0.05) is 36.9 Å². The minimum absolute atomic E-state index is 0.0961. The van der Waals surface area contributed by atoms with Gasteiger partial charge in [0.1, 0.15) is 19.0 Å². The zero-order chi connectivity index (χ0) is 18.2. The molecule has 0 N–H and O–H groups in total. The molecular weight excluding hydrogens is 320 g/mol. The molecule has 0 spiro atoms. The van der Waals surface area contributed by atoms with E-state index in [1.54, 1.807) is 49.4 Å². The van der Waals surface area contributed by atoms with Gasteiger partial charge >= 0.3 is 5.97 Å². The number of ether oxygens (including phenoxy) is 2. The maximum absolute atomic E-state index is 12.2. The van der Waals surface area contributed by atoms with Crippen molar-refractivity contribution < 1.29 is 23.9 Å². The summed E-state index contributed by atoms with van der Waals surface area (Å²) in [6.45, 7) is 5.32. The predicted octanol–water partition coefficient (Wildman–Crippen LogP) is 3.25. The zero-order valence-corrected chi connectivity index (χ0v) is 13.9. The number of hydrogen-bond donors (Lipinski definition) is 0. The first-order valence-electron chi connectivity index (χ1n) is 7.68. The molecular formula is C20H18O5. The van der Waals surface area contributed by atoms with Gasteiger partial charge in [-0.15, -0.1) is 0 Å². The molecule has 0 atom stereocenters. The van der Waals surface area contributed by atoms with Crippen LogP contribution in [0.25, 0.3) is 0 Å². The normalized spacial score (nSPS) is 9.96. The Bertz CT molecular complexity index is 775. The molecule has 0 saturated heterocycles. The smallest absolute Gasteiger partial charge is 0.333 e. The van der Waals surface area contributed by atoms with Crippen LogP contribution >= 0.6 is 0 Å². The first-order chi connectivity index (χ1) is 12.0. The molecule has 0 aromatic heterocycles. The van der Waals surface area contributed by atoms with Crippen LogP contribution in [0.5, 0.6) is 5.75 Å². The third-order valence-electron chi connectivity index (χ3n) is 3.29. The van der Waals surface area contributed by atoms with Crippen molar-refractivity contribution in [3.8, 4) is 5.75 Å². The molecule has 2 rings (SSSR count). The minimum Gasteiger partial charge on any atom is -0.490 e. The molecule has 25 heavy (non-hydrogen) atoms. The molecule has 5 nitrogen and oxygen atoms in total. The number of rotatable bonds is 8. The van der Waals surface area contributed by atoms with Gasteiger partial charge in [0.15, 0.2) is 0 Å². The van der Waals surface area contributed by atoms with Gasteiger partial charge in [-0.2, -0.15) is 0 Å². The van der Waals surface area contributed by atoms with E-state index in [9.17, 15) is 14.4 Å². The highest BCUT2D eigenvalue weighted by atomic mass is 16.6. The molecule has 0 aliphatic rings. The van der Waals surface area contributed by atoms with E-state index in [0.717, 1.165) is 0 Å². The Labute approximate surface area is 145 Å². The monoisotopic (exact) mass is 338 g/mol. The summed E-state index contributed by atoms with van der Waals surface area (Å²) in [4.78, 5) is 35.5. The average Bonchev–Trinajstić information content (AvgIpc) is 2.65. The van der Waals surface area contributed by atoms with Crippen molar-refractivity contribution in [2.75, 3.05) is 13.2 Å². The van der Waals surface area contributed by atoms with Crippen molar-refractivity contribution in [1.29, 1.82) is 0 Å². The molecule has 2 aromatic rings. The zero-order valence-electron chi connectivity index (χ0n) is 13.9. The van der Waals surface area contributed by atoms with E-state index >= 15 is 0 Å². The highest BCUT2D eigenvalue weighted by molar-refractivity contribution is 6.49. The third-order valence-corrected chi connectivity index (χ3v) is 3.29. The number of ketones is 2. The lowest BCUT2D eigenvalue weighted by atomic mass is 10.0. The summed E-state index contributed by atoms with van der Waals surface area (Å²) in [5.74, 6) is -1.09. The fourth-order valence-electron chi connectivity index (χ4n) is 1.97. The molecule has 0 bridgehead atoms. The predicted molar refractivity (Wildman–Crippen MR) is 92.8 cm³/mol. The Kier molecular flexibility index (Phi) is 6.23. The van der Waals surface area contributed by atoms with Crippen molar-refractivity contribution in [2.24, 2.45) is 0 Å². The molecule has 128 valence electrons. The number of esters is 1. The van der Waals surface area contributed by atoms with Crippen LogP contribution in [0, 0.1) is 0 Å². The van der Waals surface area contributed by atoms with Crippen molar-refractivity contribution in [2.45, 2.75) is 6.92 Å². The number of Topliss-reactive ketones (excluding diaryl/α,β-unsaturated/α-hetero) is 2. The molecule has 0 radical (unpaired) electrons. The highest BCUT2D eigenvalue weighted by Crippen LogP contribution is 2.14. The molecule has 0 unspecified atom stereocenters. The van der Waals surface area contributed by atoms with Crippen molar-refractivity contribution in [1.82, 2.24) is 0 Å². The minimum atomic E-state index is -0.576. The molecule has 0 aliphatic heterocycles. The maximum Gasteiger partial charge on any atom is 0.333 e. The Morgan fingerprint density at radius 2 is 1.40 bits per heavy atom. The van der Waals surface area contributed by atoms with Gasteiger partial charge in [-0.05, 0) is 31.2 Å². The van der Waals surface area contributed by atoms with Gasteiger partial charge in [-0.25, -0.2) is 4.79 Å². The lowest BCUT2D eigenvalue weighted by Gasteiger charge is -2.08. The van der Waals surface area contributed by atoms with Crippen LogP contribution in [0.3, 0.4) is 0 Å². The van der Waals surface area contributed by atoms with Gasteiger partial charge in [-0.3, -0.25) is 9.59 Å². The third kappa shape index (κ3) is 5.14. The SMILES string of the molecule is C=C(C)C(=O)OCCOc1ccc(C(=O)C(=O)c2ccccc2)cc1. The summed E-state index contributed by atoms with van der Waals surface area (Å²) in [7, 11) is 0. The Balaban J connectivity index is 1.89. The standard InChI is InChI=1S/C20H18O5/c1-14(2)20(23)25-13-12-24-17-10-8-16(9-11-17)19(22)18(21)15-6-4-3-5-7-15/h3-11H,1,12-13H2,2H3. The van der Waals surface area contributed by atoms with Crippen LogP contribution in [-0.2, 0) is 9.53 Å². The second-order valence-corrected chi connectivity index (χ2v) is 5.31. The molecule has 0 saturated carbocycles.